The minimum Gasteiger partial charge on any atom is -0.429 e. The van der Waals surface area contributed by atoms with Crippen molar-refractivity contribution in [1.82, 2.24) is 0 Å². The van der Waals surface area contributed by atoms with Crippen LogP contribution in [-0.2, 0) is 20.3 Å². The largest absolute Gasteiger partial charge is 0.429 e. The lowest BCUT2D eigenvalue weighted by molar-refractivity contribution is -0.212. The second-order valence-electron chi connectivity index (χ2n) is 8.57. The van der Waals surface area contributed by atoms with Crippen LogP contribution in [0.25, 0.3) is 11.1 Å². The molecule has 0 N–H and O–H groups in total. The molecular formula is C27H24F6O4. The van der Waals surface area contributed by atoms with Crippen molar-refractivity contribution in [2.75, 3.05) is 26.4 Å². The van der Waals surface area contributed by atoms with E-state index in [-0.39, 0.29) is 22.6 Å². The van der Waals surface area contributed by atoms with Crippen molar-refractivity contribution >= 4 is 0 Å². The average Bonchev–Trinajstić information content (AvgIpc) is 2.86. The van der Waals surface area contributed by atoms with E-state index in [2.05, 4.69) is 4.74 Å². The van der Waals surface area contributed by atoms with E-state index in [9.17, 15) is 26.3 Å². The maximum Gasteiger partial charge on any atom is 0.429 e. The van der Waals surface area contributed by atoms with Gasteiger partial charge in [0.05, 0.1) is 25.4 Å². The SMILES string of the molecule is CCCOCC1COC(c2ccc(C(F)(F)Oc3ccc(-c4ccc(F)c(F)c4)c(F)c3)c(F)c2)OC1. The number of rotatable bonds is 9. The minimum atomic E-state index is -4.14. The van der Waals surface area contributed by atoms with Crippen LogP contribution in [-0.4, -0.2) is 26.4 Å². The van der Waals surface area contributed by atoms with Crippen LogP contribution in [0.1, 0.15) is 30.8 Å². The topological polar surface area (TPSA) is 36.9 Å². The van der Waals surface area contributed by atoms with Gasteiger partial charge in [0.2, 0.25) is 0 Å². The molecule has 3 aromatic rings. The summed E-state index contributed by atoms with van der Waals surface area (Å²) in [5.41, 5.74) is -1.00. The van der Waals surface area contributed by atoms with Gasteiger partial charge in [0.25, 0.3) is 0 Å². The Morgan fingerprint density at radius 1 is 0.838 bits per heavy atom. The third-order valence-corrected chi connectivity index (χ3v) is 5.66. The van der Waals surface area contributed by atoms with Crippen molar-refractivity contribution in [2.45, 2.75) is 25.7 Å². The van der Waals surface area contributed by atoms with Crippen LogP contribution in [0.2, 0.25) is 0 Å². The summed E-state index contributed by atoms with van der Waals surface area (Å²) in [6.45, 7) is 3.68. The first-order chi connectivity index (χ1) is 17.7. The Bertz CT molecular complexity index is 1230. The predicted octanol–water partition coefficient (Wildman–Crippen LogP) is 7.13. The summed E-state index contributed by atoms with van der Waals surface area (Å²) in [5, 5.41) is 0. The number of hydrogen-bond acceptors (Lipinski definition) is 4. The smallest absolute Gasteiger partial charge is 0.429 e. The third-order valence-electron chi connectivity index (χ3n) is 5.66. The molecule has 4 rings (SSSR count). The molecule has 3 aromatic carbocycles. The van der Waals surface area contributed by atoms with Gasteiger partial charge in [-0.15, -0.1) is 0 Å². The standard InChI is InChI=1S/C27H24F6O4/c1-2-9-34-13-16-14-35-26(36-15-16)18-3-7-21(24(30)11-18)27(32,33)37-19-5-6-20(23(29)12-19)17-4-8-22(28)25(31)10-17/h3-8,10-12,16,26H,2,9,13-15H2,1H3. The highest BCUT2D eigenvalue weighted by Gasteiger charge is 2.38. The highest BCUT2D eigenvalue weighted by molar-refractivity contribution is 5.65. The first-order valence-corrected chi connectivity index (χ1v) is 11.6. The second kappa shape index (κ2) is 11.5. The van der Waals surface area contributed by atoms with E-state index in [1.165, 1.54) is 6.07 Å². The van der Waals surface area contributed by atoms with Crippen molar-refractivity contribution in [1.29, 1.82) is 0 Å². The molecule has 10 heteroatoms. The van der Waals surface area contributed by atoms with Gasteiger partial charge in [-0.1, -0.05) is 19.1 Å². The van der Waals surface area contributed by atoms with Gasteiger partial charge in [0.15, 0.2) is 17.9 Å². The Hall–Kier alpha value is -3.08. The van der Waals surface area contributed by atoms with Gasteiger partial charge in [-0.05, 0) is 48.4 Å². The zero-order chi connectivity index (χ0) is 26.6. The first kappa shape index (κ1) is 27.0. The molecule has 37 heavy (non-hydrogen) atoms. The molecule has 0 saturated carbocycles. The summed E-state index contributed by atoms with van der Waals surface area (Å²) in [5.74, 6) is -5.15. The molecule has 1 saturated heterocycles. The maximum absolute atomic E-state index is 14.8. The van der Waals surface area contributed by atoms with E-state index >= 15 is 0 Å². The number of ether oxygens (including phenoxy) is 4. The lowest BCUT2D eigenvalue weighted by Crippen LogP contribution is -2.30. The Kier molecular flexibility index (Phi) is 8.41. The fraction of sp³-hybridized carbons (Fsp3) is 0.333. The summed E-state index contributed by atoms with van der Waals surface area (Å²) >= 11 is 0. The van der Waals surface area contributed by atoms with E-state index in [1.807, 2.05) is 6.92 Å². The molecule has 1 aliphatic heterocycles. The summed E-state index contributed by atoms with van der Waals surface area (Å²) in [4.78, 5) is 0. The van der Waals surface area contributed by atoms with Gasteiger partial charge in [-0.2, -0.15) is 8.78 Å². The molecule has 1 heterocycles. The molecule has 0 aliphatic carbocycles. The molecule has 0 amide bonds. The molecule has 0 unspecified atom stereocenters. The van der Waals surface area contributed by atoms with E-state index in [1.54, 1.807) is 0 Å². The molecule has 0 aromatic heterocycles. The summed E-state index contributed by atoms with van der Waals surface area (Å²) in [6, 6.07) is 8.44. The normalized spacial score (nSPS) is 18.1. The van der Waals surface area contributed by atoms with Crippen LogP contribution in [0.15, 0.2) is 54.6 Å². The zero-order valence-corrected chi connectivity index (χ0v) is 19.8. The van der Waals surface area contributed by atoms with Crippen molar-refractivity contribution in [3.63, 3.8) is 0 Å². The van der Waals surface area contributed by atoms with Crippen molar-refractivity contribution < 1.29 is 45.3 Å². The monoisotopic (exact) mass is 526 g/mol. The molecule has 4 nitrogen and oxygen atoms in total. The first-order valence-electron chi connectivity index (χ1n) is 11.6. The number of hydrogen-bond donors (Lipinski definition) is 0. The van der Waals surface area contributed by atoms with Gasteiger partial charge in [0, 0.05) is 29.7 Å². The van der Waals surface area contributed by atoms with E-state index in [0.29, 0.717) is 32.5 Å². The number of halogens is 6. The molecular weight excluding hydrogens is 502 g/mol. The minimum absolute atomic E-state index is 0.00306. The second-order valence-corrected chi connectivity index (χ2v) is 8.57. The lowest BCUT2D eigenvalue weighted by atomic mass is 10.0. The van der Waals surface area contributed by atoms with Crippen molar-refractivity contribution in [3.8, 4) is 16.9 Å². The maximum atomic E-state index is 14.8. The molecule has 0 spiro atoms. The van der Waals surface area contributed by atoms with Gasteiger partial charge in [-0.25, -0.2) is 17.6 Å². The van der Waals surface area contributed by atoms with Gasteiger partial charge >= 0.3 is 6.11 Å². The Balaban J connectivity index is 1.43. The van der Waals surface area contributed by atoms with Crippen LogP contribution in [0.5, 0.6) is 5.75 Å². The van der Waals surface area contributed by atoms with Crippen molar-refractivity contribution in [3.05, 3.63) is 89.0 Å². The zero-order valence-electron chi connectivity index (χ0n) is 19.8. The van der Waals surface area contributed by atoms with Crippen LogP contribution < -0.4 is 4.74 Å². The Morgan fingerprint density at radius 2 is 1.59 bits per heavy atom. The van der Waals surface area contributed by atoms with Crippen LogP contribution in [0.3, 0.4) is 0 Å². The molecule has 198 valence electrons. The summed E-state index contributed by atoms with van der Waals surface area (Å²) in [6.07, 6.45) is -4.18. The molecule has 1 aliphatic rings. The third kappa shape index (κ3) is 6.44. The van der Waals surface area contributed by atoms with E-state index < -0.39 is 47.0 Å². The van der Waals surface area contributed by atoms with Gasteiger partial charge in [0.1, 0.15) is 17.4 Å². The number of alkyl halides is 2. The fourth-order valence-corrected chi connectivity index (χ4v) is 3.80. The molecule has 0 atom stereocenters. The van der Waals surface area contributed by atoms with Gasteiger partial charge < -0.3 is 18.9 Å². The molecule has 0 radical (unpaired) electrons. The number of benzene rings is 3. The average molecular weight is 526 g/mol. The summed E-state index contributed by atoms with van der Waals surface area (Å²) < 4.78 is 107. The summed E-state index contributed by atoms with van der Waals surface area (Å²) in [7, 11) is 0. The highest BCUT2D eigenvalue weighted by Crippen LogP contribution is 2.37. The van der Waals surface area contributed by atoms with Crippen molar-refractivity contribution in [2.24, 2.45) is 5.92 Å². The predicted molar refractivity (Wildman–Crippen MR) is 122 cm³/mol. The van der Waals surface area contributed by atoms with Crippen LogP contribution in [0, 0.1) is 29.2 Å². The molecule has 1 fully saturated rings. The Morgan fingerprint density at radius 3 is 2.24 bits per heavy atom. The highest BCUT2D eigenvalue weighted by atomic mass is 19.3. The quantitative estimate of drug-likeness (QED) is 0.220. The van der Waals surface area contributed by atoms with Crippen LogP contribution >= 0.6 is 0 Å². The van der Waals surface area contributed by atoms with E-state index in [0.717, 1.165) is 48.9 Å². The van der Waals surface area contributed by atoms with Crippen LogP contribution in [0.4, 0.5) is 26.3 Å². The molecule has 0 bridgehead atoms. The van der Waals surface area contributed by atoms with Gasteiger partial charge in [-0.3, -0.25) is 0 Å². The van der Waals surface area contributed by atoms with E-state index in [4.69, 9.17) is 14.2 Å². The fourth-order valence-electron chi connectivity index (χ4n) is 3.80. The lowest BCUT2D eigenvalue weighted by Gasteiger charge is -2.29. The Labute approximate surface area is 209 Å².